The Bertz CT molecular complexity index is 450. The summed E-state index contributed by atoms with van der Waals surface area (Å²) in [6.07, 6.45) is 3.18. The summed E-state index contributed by atoms with van der Waals surface area (Å²) in [6, 6.07) is 0. The van der Waals surface area contributed by atoms with Crippen molar-refractivity contribution < 1.29 is 28.6 Å². The zero-order valence-electron chi connectivity index (χ0n) is 13.8. The fourth-order valence-corrected chi connectivity index (χ4v) is 2.20. The molecular weight excluding hydrogens is 302 g/mol. The first-order valence-corrected chi connectivity index (χ1v) is 7.90. The highest BCUT2D eigenvalue weighted by Gasteiger charge is 2.67. The van der Waals surface area contributed by atoms with Crippen LogP contribution in [0.5, 0.6) is 0 Å². The smallest absolute Gasteiger partial charge is 0.407 e. The summed E-state index contributed by atoms with van der Waals surface area (Å²) in [7, 11) is 0. The minimum atomic E-state index is -1.28. The molecule has 0 bridgehead atoms. The van der Waals surface area contributed by atoms with Gasteiger partial charge in [0.25, 0.3) is 0 Å². The van der Waals surface area contributed by atoms with Crippen molar-refractivity contribution >= 4 is 18.0 Å². The van der Waals surface area contributed by atoms with Crippen LogP contribution in [-0.2, 0) is 23.8 Å². The molecule has 0 aromatic carbocycles. The van der Waals surface area contributed by atoms with E-state index in [9.17, 15) is 14.4 Å². The van der Waals surface area contributed by atoms with Crippen LogP contribution in [0.1, 0.15) is 33.1 Å². The van der Waals surface area contributed by atoms with Crippen LogP contribution < -0.4 is 5.32 Å². The third-order valence-corrected chi connectivity index (χ3v) is 3.65. The number of esters is 2. The second-order valence-corrected chi connectivity index (χ2v) is 5.29. The summed E-state index contributed by atoms with van der Waals surface area (Å²) in [5.41, 5.74) is -1.28. The number of nitrogens with one attached hydrogen (secondary N) is 1. The van der Waals surface area contributed by atoms with E-state index in [1.807, 2.05) is 6.92 Å². The number of hydrogen-bond acceptors (Lipinski definition) is 6. The zero-order valence-corrected chi connectivity index (χ0v) is 13.8. The number of ether oxygens (including phenoxy) is 3. The monoisotopic (exact) mass is 327 g/mol. The first-order chi connectivity index (χ1) is 11.0. The molecule has 0 radical (unpaired) electrons. The summed E-state index contributed by atoms with van der Waals surface area (Å²) in [5, 5.41) is 2.58. The Hall–Kier alpha value is -2.05. The van der Waals surface area contributed by atoms with Crippen molar-refractivity contribution in [3.05, 3.63) is 12.7 Å². The Morgan fingerprint density at radius 1 is 1.17 bits per heavy atom. The molecular formula is C16H25NO6. The number of alkyl carbamates (subject to hydrolysis) is 1. The van der Waals surface area contributed by atoms with Crippen molar-refractivity contribution in [2.45, 2.75) is 33.1 Å². The number of amides is 1. The third-order valence-electron chi connectivity index (χ3n) is 3.65. The normalized spacial score (nSPS) is 21.9. The maximum Gasteiger partial charge on any atom is 0.407 e. The van der Waals surface area contributed by atoms with Gasteiger partial charge in [0.15, 0.2) is 5.41 Å². The van der Waals surface area contributed by atoms with E-state index in [4.69, 9.17) is 14.2 Å². The average Bonchev–Trinajstić information content (AvgIpc) is 3.28. The molecule has 0 aromatic rings. The summed E-state index contributed by atoms with van der Waals surface area (Å²) in [5.74, 6) is -1.52. The Morgan fingerprint density at radius 2 is 1.83 bits per heavy atom. The zero-order chi connectivity index (χ0) is 17.3. The van der Waals surface area contributed by atoms with Gasteiger partial charge >= 0.3 is 18.0 Å². The molecule has 1 amide bonds. The number of carbonyl (C=O) groups is 3. The summed E-state index contributed by atoms with van der Waals surface area (Å²) < 4.78 is 14.9. The molecule has 1 N–H and O–H groups in total. The van der Waals surface area contributed by atoms with Crippen molar-refractivity contribution in [3.8, 4) is 0 Å². The lowest BCUT2D eigenvalue weighted by atomic mass is 10.0. The highest BCUT2D eigenvalue weighted by Crippen LogP contribution is 2.55. The molecule has 7 nitrogen and oxygen atoms in total. The van der Waals surface area contributed by atoms with Gasteiger partial charge in [-0.3, -0.25) is 9.59 Å². The maximum absolute atomic E-state index is 12.1. The second kappa shape index (κ2) is 9.17. The van der Waals surface area contributed by atoms with Crippen LogP contribution in [0.3, 0.4) is 0 Å². The van der Waals surface area contributed by atoms with Crippen LogP contribution >= 0.6 is 0 Å². The van der Waals surface area contributed by atoms with E-state index in [1.165, 1.54) is 0 Å². The molecule has 0 saturated heterocycles. The standard InChI is InChI=1S/C16H25NO6/c1-4-7-8-17-15(20)23-10-9-22-14(19)16(11-12(16)5-2)13(18)21-6-3/h5,12H,2,4,6-11H2,1,3H3,(H,17,20). The van der Waals surface area contributed by atoms with Crippen LogP contribution in [0.2, 0.25) is 0 Å². The van der Waals surface area contributed by atoms with Crippen molar-refractivity contribution in [2.75, 3.05) is 26.4 Å². The van der Waals surface area contributed by atoms with Crippen LogP contribution in [0, 0.1) is 11.3 Å². The Morgan fingerprint density at radius 3 is 2.39 bits per heavy atom. The quantitative estimate of drug-likeness (QED) is 0.216. The molecule has 2 unspecified atom stereocenters. The predicted molar refractivity (Wildman–Crippen MR) is 82.6 cm³/mol. The third kappa shape index (κ3) is 4.97. The lowest BCUT2D eigenvalue weighted by Gasteiger charge is -2.14. The molecule has 1 saturated carbocycles. The van der Waals surface area contributed by atoms with E-state index >= 15 is 0 Å². The van der Waals surface area contributed by atoms with Crippen LogP contribution in [0.25, 0.3) is 0 Å². The van der Waals surface area contributed by atoms with Crippen LogP contribution in [0.4, 0.5) is 4.79 Å². The highest BCUT2D eigenvalue weighted by atomic mass is 16.6. The van der Waals surface area contributed by atoms with Gasteiger partial charge in [0, 0.05) is 12.5 Å². The second-order valence-electron chi connectivity index (χ2n) is 5.29. The van der Waals surface area contributed by atoms with E-state index in [0.717, 1.165) is 12.8 Å². The van der Waals surface area contributed by atoms with Gasteiger partial charge in [-0.05, 0) is 19.8 Å². The van der Waals surface area contributed by atoms with Gasteiger partial charge in [0.2, 0.25) is 0 Å². The van der Waals surface area contributed by atoms with Crippen LogP contribution in [0.15, 0.2) is 12.7 Å². The number of hydrogen-bond donors (Lipinski definition) is 1. The Balaban J connectivity index is 2.33. The van der Waals surface area contributed by atoms with Gasteiger partial charge < -0.3 is 19.5 Å². The maximum atomic E-state index is 12.1. The molecule has 2 atom stereocenters. The number of allylic oxidation sites excluding steroid dienone is 1. The Labute approximate surface area is 136 Å². The van der Waals surface area contributed by atoms with E-state index < -0.39 is 23.4 Å². The molecule has 1 aliphatic carbocycles. The first-order valence-electron chi connectivity index (χ1n) is 7.90. The van der Waals surface area contributed by atoms with Crippen LogP contribution in [-0.4, -0.2) is 44.4 Å². The molecule has 1 rings (SSSR count). The fourth-order valence-electron chi connectivity index (χ4n) is 2.20. The molecule has 0 aliphatic heterocycles. The molecule has 1 aliphatic rings. The minimum Gasteiger partial charge on any atom is -0.465 e. The molecule has 0 heterocycles. The number of rotatable bonds is 10. The minimum absolute atomic E-state index is 0.0681. The fraction of sp³-hybridized carbons (Fsp3) is 0.688. The van der Waals surface area contributed by atoms with Gasteiger partial charge in [0.05, 0.1) is 6.61 Å². The molecule has 1 fully saturated rings. The van der Waals surface area contributed by atoms with E-state index in [2.05, 4.69) is 11.9 Å². The number of unbranched alkanes of at least 4 members (excludes halogenated alkanes) is 1. The number of carbonyl (C=O) groups excluding carboxylic acids is 3. The lowest BCUT2D eigenvalue weighted by Crippen LogP contribution is -2.33. The van der Waals surface area contributed by atoms with Gasteiger partial charge in [-0.15, -0.1) is 6.58 Å². The first kappa shape index (κ1) is 19.0. The van der Waals surface area contributed by atoms with Gasteiger partial charge in [-0.2, -0.15) is 0 Å². The van der Waals surface area contributed by atoms with Crippen molar-refractivity contribution in [1.29, 1.82) is 0 Å². The molecule has 23 heavy (non-hydrogen) atoms. The highest BCUT2D eigenvalue weighted by molar-refractivity contribution is 6.04. The summed E-state index contributed by atoms with van der Waals surface area (Å²) in [4.78, 5) is 35.4. The molecule has 130 valence electrons. The largest absolute Gasteiger partial charge is 0.465 e. The van der Waals surface area contributed by atoms with E-state index in [0.29, 0.717) is 13.0 Å². The van der Waals surface area contributed by atoms with Gasteiger partial charge in [-0.1, -0.05) is 19.4 Å². The SMILES string of the molecule is C=CC1CC1(C(=O)OCC)C(=O)OCCOC(=O)NCCCC. The van der Waals surface area contributed by atoms with Crippen molar-refractivity contribution in [1.82, 2.24) is 5.32 Å². The average molecular weight is 327 g/mol. The molecule has 7 heteroatoms. The van der Waals surface area contributed by atoms with Crippen molar-refractivity contribution in [3.63, 3.8) is 0 Å². The van der Waals surface area contributed by atoms with Crippen molar-refractivity contribution in [2.24, 2.45) is 11.3 Å². The molecule has 0 aromatic heterocycles. The van der Waals surface area contributed by atoms with E-state index in [1.54, 1.807) is 13.0 Å². The van der Waals surface area contributed by atoms with E-state index in [-0.39, 0.29) is 25.7 Å². The van der Waals surface area contributed by atoms with Gasteiger partial charge in [-0.25, -0.2) is 4.79 Å². The Kier molecular flexibility index (Phi) is 7.57. The van der Waals surface area contributed by atoms with Gasteiger partial charge in [0.1, 0.15) is 13.2 Å². The topological polar surface area (TPSA) is 90.9 Å². The predicted octanol–water partition coefficient (Wildman–Crippen LogP) is 1.81. The summed E-state index contributed by atoms with van der Waals surface area (Å²) in [6.45, 7) is 7.86. The molecule has 0 spiro atoms. The lowest BCUT2D eigenvalue weighted by molar-refractivity contribution is -0.165. The summed E-state index contributed by atoms with van der Waals surface area (Å²) >= 11 is 0.